The quantitative estimate of drug-likeness (QED) is 0.596. The van der Waals surface area contributed by atoms with E-state index in [0.29, 0.717) is 10.8 Å². The summed E-state index contributed by atoms with van der Waals surface area (Å²) in [6.45, 7) is 0. The van der Waals surface area contributed by atoms with Crippen LogP contribution in [0.15, 0.2) is 0 Å². The van der Waals surface area contributed by atoms with Crippen LogP contribution in [0.3, 0.4) is 0 Å². The third kappa shape index (κ3) is 0.702. The van der Waals surface area contributed by atoms with Gasteiger partial charge in [0.2, 0.25) is 0 Å². The Bertz CT molecular complexity index is 440. The summed E-state index contributed by atoms with van der Waals surface area (Å²) in [7, 11) is 0. The molecule has 0 heteroatoms. The Morgan fingerprint density at radius 2 is 0.895 bits per heavy atom. The van der Waals surface area contributed by atoms with Crippen molar-refractivity contribution in [3.05, 3.63) is 6.42 Å². The summed E-state index contributed by atoms with van der Waals surface area (Å²) in [6, 6.07) is 0. The molecule has 100 valence electrons. The van der Waals surface area contributed by atoms with Gasteiger partial charge in [0.05, 0.1) is 0 Å². The van der Waals surface area contributed by atoms with Crippen molar-refractivity contribution in [3.63, 3.8) is 0 Å². The monoisotopic (exact) mass is 252 g/mol. The van der Waals surface area contributed by atoms with Crippen LogP contribution in [0.25, 0.3) is 0 Å². The van der Waals surface area contributed by atoms with Gasteiger partial charge in [-0.1, -0.05) is 0 Å². The molecule has 0 amide bonds. The molecule has 9 fully saturated rings. The van der Waals surface area contributed by atoms with Crippen LogP contribution in [-0.2, 0) is 0 Å². The molecule has 4 unspecified atom stereocenters. The Labute approximate surface area is 116 Å². The molecular weight excluding hydrogens is 228 g/mol. The molecule has 0 saturated heterocycles. The molecule has 4 atom stereocenters. The average molecular weight is 252 g/mol. The highest BCUT2D eigenvalue weighted by molar-refractivity contribution is 5.41. The predicted molar refractivity (Wildman–Crippen MR) is 73.1 cm³/mol. The van der Waals surface area contributed by atoms with Gasteiger partial charge in [0, 0.05) is 0 Å². The van der Waals surface area contributed by atoms with E-state index in [1.165, 1.54) is 0 Å². The number of hydrogen-bond acceptors (Lipinski definition) is 0. The molecule has 0 aromatic carbocycles. The molecule has 0 nitrogen and oxygen atoms in total. The molecule has 0 aromatic heterocycles. The maximum atomic E-state index is 4.47. The molecule has 0 N–H and O–H groups in total. The van der Waals surface area contributed by atoms with Crippen LogP contribution in [-0.4, -0.2) is 0 Å². The van der Waals surface area contributed by atoms with Gasteiger partial charge in [-0.25, -0.2) is 0 Å². The first-order chi connectivity index (χ1) is 9.18. The van der Waals surface area contributed by atoms with E-state index in [1.807, 2.05) is 0 Å². The largest absolute Gasteiger partial charge is 0.0475 e. The minimum atomic E-state index is 0.647. The van der Waals surface area contributed by atoms with Gasteiger partial charge in [0.15, 0.2) is 0 Å². The standard InChI is InChI=1S/C19H24/c1-12-3-16-4-13(1)8-18(16,7-12)19-9-14-2-15(10-19)6-17(19,5-14)11-16/h12-15H,1-10H2. The molecule has 2 radical (unpaired) electrons. The molecule has 0 aromatic rings. The summed E-state index contributed by atoms with van der Waals surface area (Å²) in [5.41, 5.74) is 2.87. The fourth-order valence-corrected chi connectivity index (χ4v) is 10.3. The van der Waals surface area contributed by atoms with Crippen LogP contribution in [0.2, 0.25) is 0 Å². The van der Waals surface area contributed by atoms with Gasteiger partial charge in [0.25, 0.3) is 0 Å². The molecule has 19 heavy (non-hydrogen) atoms. The lowest BCUT2D eigenvalue weighted by Crippen LogP contribution is -2.44. The highest BCUT2D eigenvalue weighted by atomic mass is 14.9. The highest BCUT2D eigenvalue weighted by Crippen LogP contribution is 2.94. The van der Waals surface area contributed by atoms with Crippen molar-refractivity contribution < 1.29 is 0 Å². The Morgan fingerprint density at radius 1 is 0.526 bits per heavy atom. The van der Waals surface area contributed by atoms with Gasteiger partial charge in [-0.15, -0.1) is 0 Å². The van der Waals surface area contributed by atoms with Crippen molar-refractivity contribution in [2.45, 2.75) is 64.2 Å². The fourth-order valence-electron chi connectivity index (χ4n) is 10.3. The molecular formula is C19H24. The second kappa shape index (κ2) is 2.35. The van der Waals surface area contributed by atoms with Crippen molar-refractivity contribution in [1.82, 2.24) is 0 Å². The van der Waals surface area contributed by atoms with Gasteiger partial charge in [-0.2, -0.15) is 0 Å². The zero-order valence-corrected chi connectivity index (χ0v) is 11.9. The summed E-state index contributed by atoms with van der Waals surface area (Å²) < 4.78 is 0. The summed E-state index contributed by atoms with van der Waals surface area (Å²) >= 11 is 0. The third-order valence-corrected chi connectivity index (χ3v) is 9.66. The van der Waals surface area contributed by atoms with Crippen molar-refractivity contribution >= 4 is 0 Å². The van der Waals surface area contributed by atoms with E-state index in [1.54, 1.807) is 64.2 Å². The van der Waals surface area contributed by atoms with Crippen molar-refractivity contribution in [2.75, 3.05) is 0 Å². The zero-order chi connectivity index (χ0) is 12.1. The minimum absolute atomic E-state index is 0.647. The zero-order valence-electron chi connectivity index (χ0n) is 11.9. The van der Waals surface area contributed by atoms with E-state index < -0.39 is 0 Å². The van der Waals surface area contributed by atoms with E-state index in [-0.39, 0.29) is 0 Å². The van der Waals surface area contributed by atoms with E-state index in [4.69, 9.17) is 0 Å². The smallest absolute Gasteiger partial charge is 0.00262 e. The van der Waals surface area contributed by atoms with E-state index in [9.17, 15) is 0 Å². The second-order valence-corrected chi connectivity index (χ2v) is 10.0. The molecule has 0 aliphatic heterocycles. The molecule has 9 aliphatic carbocycles. The SMILES string of the molecule is [C]1C23CC4CC(C2)CC3(C4)C23CC4CC(CC12C4)C3. The van der Waals surface area contributed by atoms with E-state index >= 15 is 0 Å². The molecule has 9 aliphatic rings. The summed E-state index contributed by atoms with van der Waals surface area (Å²) in [5.74, 6) is 4.46. The lowest BCUT2D eigenvalue weighted by molar-refractivity contribution is -0.0267. The van der Waals surface area contributed by atoms with Gasteiger partial charge in [-0.05, 0) is 116 Å². The van der Waals surface area contributed by atoms with Gasteiger partial charge in [0.1, 0.15) is 0 Å². The molecule has 8 bridgehead atoms. The van der Waals surface area contributed by atoms with Crippen LogP contribution in [0, 0.1) is 51.8 Å². The van der Waals surface area contributed by atoms with Gasteiger partial charge < -0.3 is 0 Å². The predicted octanol–water partition coefficient (Wildman–Crippen LogP) is 4.47. The number of hydrogen-bond donors (Lipinski definition) is 0. The van der Waals surface area contributed by atoms with Crippen LogP contribution in [0.1, 0.15) is 64.2 Å². The molecule has 9 saturated carbocycles. The normalized spacial score (nSPS) is 77.1. The summed E-state index contributed by atoms with van der Waals surface area (Å²) in [6.07, 6.45) is 20.5. The minimum Gasteiger partial charge on any atom is -0.0475 e. The molecule has 0 heterocycles. The Kier molecular flexibility index (Phi) is 1.22. The molecule has 4 spiro atoms. The van der Waals surface area contributed by atoms with Crippen LogP contribution < -0.4 is 0 Å². The first kappa shape index (κ1) is 9.85. The molecule has 9 rings (SSSR count). The van der Waals surface area contributed by atoms with Crippen molar-refractivity contribution in [2.24, 2.45) is 45.3 Å². The topological polar surface area (TPSA) is 0 Å². The fraction of sp³-hybridized carbons (Fsp3) is 0.947. The van der Waals surface area contributed by atoms with E-state index in [2.05, 4.69) is 6.42 Å². The Morgan fingerprint density at radius 3 is 1.26 bits per heavy atom. The summed E-state index contributed by atoms with van der Waals surface area (Å²) in [4.78, 5) is 0. The lowest BCUT2D eigenvalue weighted by atomic mass is 9.53. The summed E-state index contributed by atoms with van der Waals surface area (Å²) in [5, 5.41) is 0. The average Bonchev–Trinajstić information content (AvgIpc) is 2.88. The van der Waals surface area contributed by atoms with Crippen molar-refractivity contribution in [1.29, 1.82) is 0 Å². The lowest BCUT2D eigenvalue weighted by Gasteiger charge is -2.51. The first-order valence-electron chi connectivity index (χ1n) is 8.98. The highest BCUT2D eigenvalue weighted by Gasteiger charge is 2.86. The van der Waals surface area contributed by atoms with E-state index in [0.717, 1.165) is 34.5 Å². The number of rotatable bonds is 0. The van der Waals surface area contributed by atoms with Crippen LogP contribution in [0.4, 0.5) is 0 Å². The van der Waals surface area contributed by atoms with Crippen LogP contribution >= 0.6 is 0 Å². The third-order valence-electron chi connectivity index (χ3n) is 9.66. The van der Waals surface area contributed by atoms with Gasteiger partial charge >= 0.3 is 0 Å². The van der Waals surface area contributed by atoms with Gasteiger partial charge in [-0.3, -0.25) is 0 Å². The van der Waals surface area contributed by atoms with Crippen LogP contribution in [0.5, 0.6) is 0 Å². The van der Waals surface area contributed by atoms with Crippen molar-refractivity contribution in [3.8, 4) is 0 Å². The second-order valence-electron chi connectivity index (χ2n) is 10.0. The Balaban J connectivity index is 1.54. The maximum Gasteiger partial charge on any atom is -0.00262 e. The Hall–Kier alpha value is 0. The maximum absolute atomic E-state index is 4.47. The first-order valence-corrected chi connectivity index (χ1v) is 8.98.